The number of para-hydroxylation sites is 2. The average Bonchev–Trinajstić information content (AvgIpc) is 3.07. The van der Waals surface area contributed by atoms with Gasteiger partial charge >= 0.3 is 0 Å². The third-order valence-electron chi connectivity index (χ3n) is 4.96. The number of aliphatic hydroxyl groups is 1. The molecule has 3 aromatic carbocycles. The van der Waals surface area contributed by atoms with E-state index in [9.17, 15) is 5.11 Å². The Kier molecular flexibility index (Phi) is 5.84. The number of rotatable bonds is 5. The van der Waals surface area contributed by atoms with Gasteiger partial charge in [0.2, 0.25) is 3.79 Å². The van der Waals surface area contributed by atoms with Crippen molar-refractivity contribution >= 4 is 45.8 Å². The first-order valence-electron chi connectivity index (χ1n) is 9.24. The maximum atomic E-state index is 11.0. The van der Waals surface area contributed by atoms with Crippen molar-refractivity contribution in [2.75, 3.05) is 0 Å². The van der Waals surface area contributed by atoms with Gasteiger partial charge in [0, 0.05) is 6.54 Å². The zero-order valence-corrected chi connectivity index (χ0v) is 17.7. The Morgan fingerprint density at radius 3 is 2.07 bits per heavy atom. The summed E-state index contributed by atoms with van der Waals surface area (Å²) < 4.78 is 0.220. The van der Waals surface area contributed by atoms with E-state index < -0.39 is 15.8 Å². The molecule has 0 aliphatic rings. The molecule has 2 atom stereocenters. The highest BCUT2D eigenvalue weighted by Crippen LogP contribution is 2.41. The van der Waals surface area contributed by atoms with Crippen LogP contribution in [0, 0.1) is 0 Å². The molecule has 0 bridgehead atoms. The zero-order chi connectivity index (χ0) is 20.4. The number of imidazole rings is 1. The Morgan fingerprint density at radius 1 is 0.828 bits per heavy atom. The van der Waals surface area contributed by atoms with Gasteiger partial charge in [0.15, 0.2) is 0 Å². The van der Waals surface area contributed by atoms with E-state index >= 15 is 0 Å². The van der Waals surface area contributed by atoms with Crippen molar-refractivity contribution in [1.82, 2.24) is 9.55 Å². The van der Waals surface area contributed by atoms with E-state index in [1.807, 2.05) is 72.8 Å². The van der Waals surface area contributed by atoms with Crippen LogP contribution in [0.5, 0.6) is 0 Å². The number of aromatic nitrogens is 2. The summed E-state index contributed by atoms with van der Waals surface area (Å²) in [4.78, 5) is 4.85. The Bertz CT molecular complexity index is 1090. The van der Waals surface area contributed by atoms with Crippen LogP contribution in [-0.4, -0.2) is 24.6 Å². The summed E-state index contributed by atoms with van der Waals surface area (Å²) >= 11 is 18.4. The lowest BCUT2D eigenvalue weighted by molar-refractivity contribution is 0.156. The molecule has 29 heavy (non-hydrogen) atoms. The summed E-state index contributed by atoms with van der Waals surface area (Å²) in [5, 5.41) is 11.0. The van der Waals surface area contributed by atoms with E-state index in [1.54, 1.807) is 0 Å². The van der Waals surface area contributed by atoms with Crippen LogP contribution >= 0.6 is 34.8 Å². The lowest BCUT2D eigenvalue weighted by Crippen LogP contribution is -2.34. The number of nitrogens with zero attached hydrogens (tertiary/aromatic N) is 2. The number of aliphatic hydroxyl groups excluding tert-OH is 1. The number of alkyl halides is 3. The molecule has 1 heterocycles. The highest BCUT2D eigenvalue weighted by molar-refractivity contribution is 6.68. The molecule has 148 valence electrons. The number of hydrogen-bond donors (Lipinski definition) is 1. The fourth-order valence-electron chi connectivity index (χ4n) is 3.59. The van der Waals surface area contributed by atoms with Crippen molar-refractivity contribution in [3.8, 4) is 0 Å². The summed E-state index contributed by atoms with van der Waals surface area (Å²) in [6.45, 7) is 0.590. The molecule has 0 radical (unpaired) electrons. The minimum Gasteiger partial charge on any atom is -0.388 e. The number of hydrogen-bond acceptors (Lipinski definition) is 2. The van der Waals surface area contributed by atoms with Crippen LogP contribution in [0.3, 0.4) is 0 Å². The van der Waals surface area contributed by atoms with Gasteiger partial charge in [0.25, 0.3) is 0 Å². The molecule has 0 saturated heterocycles. The van der Waals surface area contributed by atoms with Gasteiger partial charge in [-0.05, 0) is 23.3 Å². The molecule has 0 unspecified atom stereocenters. The second-order valence-corrected chi connectivity index (χ2v) is 9.27. The van der Waals surface area contributed by atoms with Crippen molar-refractivity contribution in [3.63, 3.8) is 0 Å². The second kappa shape index (κ2) is 8.37. The Morgan fingerprint density at radius 2 is 1.41 bits per heavy atom. The van der Waals surface area contributed by atoms with Crippen LogP contribution in [0.15, 0.2) is 84.9 Å². The summed E-state index contributed by atoms with van der Waals surface area (Å²) in [5.41, 5.74) is 3.74. The molecule has 0 fully saturated rings. The first-order valence-corrected chi connectivity index (χ1v) is 10.4. The SMILES string of the molecule is O[C@@H]([C@@H](c1ccccc1)c1nc2ccccc2n1Cc1ccccc1)C(Cl)(Cl)Cl. The average molecular weight is 446 g/mol. The molecule has 6 heteroatoms. The maximum absolute atomic E-state index is 11.0. The highest BCUT2D eigenvalue weighted by atomic mass is 35.6. The van der Waals surface area contributed by atoms with Crippen molar-refractivity contribution < 1.29 is 5.11 Å². The molecule has 0 aliphatic heterocycles. The Labute approximate surface area is 184 Å². The molecular formula is C23H19Cl3N2O. The molecule has 4 rings (SSSR count). The first kappa shape index (κ1) is 20.2. The van der Waals surface area contributed by atoms with E-state index in [1.165, 1.54) is 0 Å². The molecule has 0 amide bonds. The quantitative estimate of drug-likeness (QED) is 0.386. The van der Waals surface area contributed by atoms with Gasteiger partial charge < -0.3 is 9.67 Å². The monoisotopic (exact) mass is 444 g/mol. The fraction of sp³-hybridized carbons (Fsp3) is 0.174. The minimum absolute atomic E-state index is 0.590. The van der Waals surface area contributed by atoms with Crippen LogP contribution in [-0.2, 0) is 6.54 Å². The Hall–Kier alpha value is -2.04. The van der Waals surface area contributed by atoms with Crippen LogP contribution < -0.4 is 0 Å². The van der Waals surface area contributed by atoms with Gasteiger partial charge in [-0.2, -0.15) is 0 Å². The molecular weight excluding hydrogens is 427 g/mol. The van der Waals surface area contributed by atoms with E-state index in [-0.39, 0.29) is 0 Å². The van der Waals surface area contributed by atoms with Gasteiger partial charge in [-0.3, -0.25) is 0 Å². The molecule has 1 aromatic heterocycles. The first-order chi connectivity index (χ1) is 13.9. The summed E-state index contributed by atoms with van der Waals surface area (Å²) in [7, 11) is 0. The predicted octanol–water partition coefficient (Wildman–Crippen LogP) is 5.95. The number of fused-ring (bicyclic) bond motifs is 1. The topological polar surface area (TPSA) is 38.1 Å². The van der Waals surface area contributed by atoms with E-state index in [2.05, 4.69) is 16.7 Å². The second-order valence-electron chi connectivity index (χ2n) is 6.91. The maximum Gasteiger partial charge on any atom is 0.217 e. The normalized spacial score (nSPS) is 14.1. The van der Waals surface area contributed by atoms with Crippen LogP contribution in [0.1, 0.15) is 22.9 Å². The molecule has 4 aromatic rings. The summed E-state index contributed by atoms with van der Waals surface area (Å²) in [6.07, 6.45) is -1.28. The van der Waals surface area contributed by atoms with Crippen LogP contribution in [0.25, 0.3) is 11.0 Å². The standard InChI is InChI=1S/C23H19Cl3N2O/c24-23(25,26)21(29)20(17-11-5-2-6-12-17)22-27-18-13-7-8-14-19(18)28(22)15-16-9-3-1-4-10-16/h1-14,20-21,29H,15H2/t20-,21+/m1/s1. The van der Waals surface area contributed by atoms with Gasteiger partial charge in [-0.25, -0.2) is 4.98 Å². The largest absolute Gasteiger partial charge is 0.388 e. The zero-order valence-electron chi connectivity index (χ0n) is 15.4. The number of halogens is 3. The minimum atomic E-state index is -1.86. The highest BCUT2D eigenvalue weighted by Gasteiger charge is 2.41. The van der Waals surface area contributed by atoms with E-state index in [0.29, 0.717) is 12.4 Å². The van der Waals surface area contributed by atoms with Gasteiger partial charge in [-0.15, -0.1) is 0 Å². The van der Waals surface area contributed by atoms with Gasteiger partial charge in [0.05, 0.1) is 17.0 Å². The molecule has 0 spiro atoms. The predicted molar refractivity (Wildman–Crippen MR) is 120 cm³/mol. The smallest absolute Gasteiger partial charge is 0.217 e. The van der Waals surface area contributed by atoms with Crippen molar-refractivity contribution in [1.29, 1.82) is 0 Å². The fourth-order valence-corrected chi connectivity index (χ4v) is 3.96. The number of benzene rings is 3. The summed E-state index contributed by atoms with van der Waals surface area (Å²) in [5.74, 6) is 0.0416. The molecule has 3 nitrogen and oxygen atoms in total. The molecule has 0 saturated carbocycles. The van der Waals surface area contributed by atoms with E-state index in [0.717, 1.165) is 22.2 Å². The lowest BCUT2D eigenvalue weighted by Gasteiger charge is -2.28. The molecule has 1 N–H and O–H groups in total. The summed E-state index contributed by atoms with van der Waals surface area (Å²) in [6, 6.07) is 27.5. The van der Waals surface area contributed by atoms with Crippen molar-refractivity contribution in [3.05, 3.63) is 102 Å². The van der Waals surface area contributed by atoms with Gasteiger partial charge in [0.1, 0.15) is 11.9 Å². The lowest BCUT2D eigenvalue weighted by atomic mass is 9.93. The van der Waals surface area contributed by atoms with Gasteiger partial charge in [-0.1, -0.05) is 108 Å². The Balaban J connectivity index is 1.92. The third kappa shape index (κ3) is 4.29. The van der Waals surface area contributed by atoms with E-state index in [4.69, 9.17) is 39.8 Å². The van der Waals surface area contributed by atoms with Crippen LogP contribution in [0.2, 0.25) is 0 Å². The van der Waals surface area contributed by atoms with Crippen molar-refractivity contribution in [2.24, 2.45) is 0 Å². The molecule has 0 aliphatic carbocycles. The third-order valence-corrected chi connectivity index (χ3v) is 5.63. The van der Waals surface area contributed by atoms with Crippen molar-refractivity contribution in [2.45, 2.75) is 22.4 Å². The van der Waals surface area contributed by atoms with Crippen LogP contribution in [0.4, 0.5) is 0 Å².